The Morgan fingerprint density at radius 2 is 0.508 bits per heavy atom. The number of aromatic nitrogens is 6. The molecule has 0 radical (unpaired) electrons. The smallest absolute Gasteiger partial charge is 0.0963 e. The second-order valence-electron chi connectivity index (χ2n) is 16.1. The summed E-state index contributed by atoms with van der Waals surface area (Å²) >= 11 is 0. The summed E-state index contributed by atoms with van der Waals surface area (Å²) in [6.45, 7) is 0. The molecule has 294 valence electrons. The molecule has 0 amide bonds. The van der Waals surface area contributed by atoms with E-state index in [1.165, 1.54) is 0 Å². The molecule has 13 aromatic rings. The molecule has 0 saturated heterocycles. The average Bonchev–Trinajstić information content (AvgIpc) is 4.00. The number of para-hydroxylation sites is 3. The highest BCUT2D eigenvalue weighted by atomic mass is 15.0. The Hall–Kier alpha value is -8.61. The van der Waals surface area contributed by atoms with Gasteiger partial charge in [0.25, 0.3) is 0 Å². The summed E-state index contributed by atoms with van der Waals surface area (Å²) in [7, 11) is 0. The quantitative estimate of drug-likeness (QED) is 0.168. The van der Waals surface area contributed by atoms with Crippen LogP contribution in [0.1, 0.15) is 0 Å². The summed E-state index contributed by atoms with van der Waals surface area (Å²) in [5.74, 6) is 0. The van der Waals surface area contributed by atoms with Gasteiger partial charge in [-0.3, -0.25) is 15.0 Å². The van der Waals surface area contributed by atoms with E-state index >= 15 is 0 Å². The lowest BCUT2D eigenvalue weighted by Crippen LogP contribution is -1.95. The first-order chi connectivity index (χ1) is 31.2. The van der Waals surface area contributed by atoms with Crippen LogP contribution in [-0.4, -0.2) is 28.7 Å². The number of pyridine rings is 3. The number of hydrogen-bond acceptors (Lipinski definition) is 3. The fourth-order valence-electron chi connectivity index (χ4n) is 9.72. The van der Waals surface area contributed by atoms with Crippen LogP contribution in [0.4, 0.5) is 0 Å². The third-order valence-corrected chi connectivity index (χ3v) is 12.6. The van der Waals surface area contributed by atoms with Crippen molar-refractivity contribution in [3.05, 3.63) is 219 Å². The van der Waals surface area contributed by atoms with Crippen LogP contribution in [0.25, 0.3) is 116 Å². The number of fused-ring (bicyclic) bond motifs is 9. The van der Waals surface area contributed by atoms with Gasteiger partial charge in [-0.05, 0) is 143 Å². The van der Waals surface area contributed by atoms with E-state index in [-0.39, 0.29) is 0 Å². The maximum atomic E-state index is 4.76. The topological polar surface area (TPSA) is 53.5 Å². The van der Waals surface area contributed by atoms with Gasteiger partial charge < -0.3 is 13.7 Å². The van der Waals surface area contributed by atoms with Gasteiger partial charge in [0.15, 0.2) is 0 Å². The normalized spacial score (nSPS) is 11.8. The van der Waals surface area contributed by atoms with Crippen molar-refractivity contribution >= 4 is 65.8 Å². The molecular formula is C57H36N6. The van der Waals surface area contributed by atoms with E-state index in [0.717, 1.165) is 116 Å². The van der Waals surface area contributed by atoms with Gasteiger partial charge in [0, 0.05) is 51.8 Å². The molecule has 6 aromatic heterocycles. The molecule has 6 heteroatoms. The van der Waals surface area contributed by atoms with E-state index in [1.807, 2.05) is 36.8 Å². The molecule has 0 saturated carbocycles. The lowest BCUT2D eigenvalue weighted by atomic mass is 9.93. The molecule has 0 bridgehead atoms. The molecule has 0 aliphatic heterocycles. The Morgan fingerprint density at radius 3 is 0.810 bits per heavy atom. The van der Waals surface area contributed by atoms with Gasteiger partial charge in [0.05, 0.1) is 49.7 Å². The summed E-state index contributed by atoms with van der Waals surface area (Å²) < 4.78 is 6.94. The van der Waals surface area contributed by atoms with Crippen molar-refractivity contribution in [1.29, 1.82) is 0 Å². The number of rotatable bonds is 6. The number of hydrogen-bond donors (Lipinski definition) is 0. The van der Waals surface area contributed by atoms with Crippen LogP contribution in [0.5, 0.6) is 0 Å². The van der Waals surface area contributed by atoms with Crippen LogP contribution in [-0.2, 0) is 0 Å². The van der Waals surface area contributed by atoms with Gasteiger partial charge in [-0.1, -0.05) is 91.0 Å². The lowest BCUT2D eigenvalue weighted by molar-refractivity contribution is 1.17. The molecule has 0 unspecified atom stereocenters. The van der Waals surface area contributed by atoms with E-state index < -0.39 is 0 Å². The maximum Gasteiger partial charge on any atom is 0.0963 e. The van der Waals surface area contributed by atoms with Gasteiger partial charge in [0.2, 0.25) is 0 Å². The number of benzene rings is 7. The van der Waals surface area contributed by atoms with Crippen LogP contribution >= 0.6 is 0 Å². The first-order valence-corrected chi connectivity index (χ1v) is 21.3. The minimum Gasteiger partial charge on any atom is -0.308 e. The van der Waals surface area contributed by atoms with Crippen molar-refractivity contribution in [3.8, 4) is 50.4 Å². The lowest BCUT2D eigenvalue weighted by Gasteiger charge is -2.14. The summed E-state index contributed by atoms with van der Waals surface area (Å²) in [6.07, 6.45) is 5.62. The zero-order valence-electron chi connectivity index (χ0n) is 34.0. The van der Waals surface area contributed by atoms with E-state index in [9.17, 15) is 0 Å². The van der Waals surface area contributed by atoms with E-state index in [2.05, 4.69) is 196 Å². The third kappa shape index (κ3) is 5.55. The second-order valence-corrected chi connectivity index (χ2v) is 16.1. The van der Waals surface area contributed by atoms with Crippen LogP contribution in [0.2, 0.25) is 0 Å². The summed E-state index contributed by atoms with van der Waals surface area (Å²) in [5.41, 5.74) is 19.9. The minimum atomic E-state index is 1.01. The molecule has 63 heavy (non-hydrogen) atoms. The highest BCUT2D eigenvalue weighted by Crippen LogP contribution is 2.38. The van der Waals surface area contributed by atoms with Crippen LogP contribution in [0, 0.1) is 0 Å². The molecule has 0 aliphatic rings. The molecule has 6 nitrogen and oxygen atoms in total. The van der Waals surface area contributed by atoms with E-state index in [1.54, 1.807) is 0 Å². The molecule has 6 heterocycles. The van der Waals surface area contributed by atoms with Gasteiger partial charge in [-0.25, -0.2) is 0 Å². The molecule has 0 fully saturated rings. The van der Waals surface area contributed by atoms with Gasteiger partial charge in [-0.15, -0.1) is 0 Å². The Balaban J connectivity index is 0.933. The molecule has 7 aromatic carbocycles. The second kappa shape index (κ2) is 14.0. The molecule has 13 rings (SSSR count). The molecular weight excluding hydrogens is 769 g/mol. The fraction of sp³-hybridized carbons (Fsp3) is 0. The molecule has 0 aliphatic carbocycles. The van der Waals surface area contributed by atoms with Gasteiger partial charge >= 0.3 is 0 Å². The largest absolute Gasteiger partial charge is 0.308 e. The third-order valence-electron chi connectivity index (χ3n) is 12.6. The van der Waals surface area contributed by atoms with E-state index in [0.29, 0.717) is 0 Å². The SMILES string of the molecule is c1ccc2c(c1)c1ncccc1n2-c1ccc(-c2cc(-c3ccc(-n4c5ccccc5c5ncccc54)cc3)cc(-c3ccc(-n4c5ccccc5c5ncccc54)cc3)c2)cc1. The van der Waals surface area contributed by atoms with Crippen LogP contribution in [0.15, 0.2) is 219 Å². The van der Waals surface area contributed by atoms with Crippen LogP contribution in [0.3, 0.4) is 0 Å². The average molecular weight is 805 g/mol. The van der Waals surface area contributed by atoms with Crippen molar-refractivity contribution < 1.29 is 0 Å². The fourth-order valence-corrected chi connectivity index (χ4v) is 9.72. The Kier molecular flexibility index (Phi) is 7.80. The van der Waals surface area contributed by atoms with Crippen LogP contribution < -0.4 is 0 Å². The van der Waals surface area contributed by atoms with Gasteiger partial charge in [-0.2, -0.15) is 0 Å². The van der Waals surface area contributed by atoms with Crippen molar-refractivity contribution in [2.24, 2.45) is 0 Å². The van der Waals surface area contributed by atoms with Crippen molar-refractivity contribution in [2.45, 2.75) is 0 Å². The Bertz CT molecular complexity index is 3310. The Morgan fingerprint density at radius 1 is 0.238 bits per heavy atom. The summed E-state index contributed by atoms with van der Waals surface area (Å²) in [5, 5.41) is 3.45. The zero-order valence-corrected chi connectivity index (χ0v) is 34.0. The highest BCUT2D eigenvalue weighted by molar-refractivity contribution is 6.09. The summed E-state index contributed by atoms with van der Waals surface area (Å²) in [6, 6.07) is 71.8. The van der Waals surface area contributed by atoms with Crippen molar-refractivity contribution in [2.75, 3.05) is 0 Å². The monoisotopic (exact) mass is 804 g/mol. The number of nitrogens with zero attached hydrogens (tertiary/aromatic N) is 6. The predicted molar refractivity (Wildman–Crippen MR) is 259 cm³/mol. The standard InChI is InChI=1S/C57H36N6/c1-4-13-49-46(10-1)55-52(16-7-31-58-55)61(49)43-25-19-37(20-26-43)40-34-41(38-21-27-44(28-22-38)62-50-14-5-2-11-47(50)56-53(62)17-8-32-59-56)36-42(35-40)39-23-29-45(30-24-39)63-51-15-6-3-12-48(51)57-54(63)18-9-33-60-57/h1-36H. The van der Waals surface area contributed by atoms with Crippen molar-refractivity contribution in [1.82, 2.24) is 28.7 Å². The molecule has 0 spiro atoms. The first kappa shape index (κ1) is 35.2. The molecule has 0 N–H and O–H groups in total. The predicted octanol–water partition coefficient (Wildman–Crippen LogP) is 14.2. The maximum absolute atomic E-state index is 4.76. The van der Waals surface area contributed by atoms with E-state index in [4.69, 9.17) is 15.0 Å². The molecule has 0 atom stereocenters. The highest BCUT2D eigenvalue weighted by Gasteiger charge is 2.17. The Labute approximate surface area is 362 Å². The zero-order chi connectivity index (χ0) is 41.4. The minimum absolute atomic E-state index is 1.01. The van der Waals surface area contributed by atoms with Gasteiger partial charge in [0.1, 0.15) is 0 Å². The van der Waals surface area contributed by atoms with Crippen molar-refractivity contribution in [3.63, 3.8) is 0 Å². The first-order valence-electron chi connectivity index (χ1n) is 21.3. The summed E-state index contributed by atoms with van der Waals surface area (Å²) in [4.78, 5) is 14.3.